The zero-order valence-corrected chi connectivity index (χ0v) is 14.2. The van der Waals surface area contributed by atoms with E-state index in [1.165, 1.54) is 11.3 Å². The predicted octanol–water partition coefficient (Wildman–Crippen LogP) is 2.05. The van der Waals surface area contributed by atoms with Crippen molar-refractivity contribution in [3.63, 3.8) is 0 Å². The number of para-hydroxylation sites is 1. The molecular formula is C16H17N5O2S. The Labute approximate surface area is 142 Å². The summed E-state index contributed by atoms with van der Waals surface area (Å²) in [6.45, 7) is 4.66. The highest BCUT2D eigenvalue weighted by Gasteiger charge is 2.15. The van der Waals surface area contributed by atoms with Crippen LogP contribution < -0.4 is 16.2 Å². The maximum Gasteiger partial charge on any atom is 0.263 e. The summed E-state index contributed by atoms with van der Waals surface area (Å²) < 4.78 is 0. The second kappa shape index (κ2) is 6.79. The number of benzene rings is 1. The monoisotopic (exact) mass is 343 g/mol. The third kappa shape index (κ3) is 3.28. The molecule has 8 heteroatoms. The minimum absolute atomic E-state index is 0.146. The summed E-state index contributed by atoms with van der Waals surface area (Å²) in [5.41, 5.74) is 1.07. The number of aromatic nitrogens is 3. The molecule has 3 aromatic rings. The van der Waals surface area contributed by atoms with Crippen molar-refractivity contribution in [3.8, 4) is 0 Å². The van der Waals surface area contributed by atoms with Gasteiger partial charge in [-0.05, 0) is 26.0 Å². The van der Waals surface area contributed by atoms with Crippen molar-refractivity contribution in [3.05, 3.63) is 51.0 Å². The van der Waals surface area contributed by atoms with Crippen LogP contribution in [-0.4, -0.2) is 27.4 Å². The van der Waals surface area contributed by atoms with Gasteiger partial charge in [0, 0.05) is 6.54 Å². The zero-order valence-electron chi connectivity index (χ0n) is 13.3. The summed E-state index contributed by atoms with van der Waals surface area (Å²) in [7, 11) is 0. The van der Waals surface area contributed by atoms with Gasteiger partial charge in [-0.25, -0.2) is 9.97 Å². The fourth-order valence-electron chi connectivity index (χ4n) is 2.30. The first-order chi connectivity index (χ1) is 11.6. The smallest absolute Gasteiger partial charge is 0.263 e. The van der Waals surface area contributed by atoms with Crippen LogP contribution in [0, 0.1) is 6.92 Å². The van der Waals surface area contributed by atoms with Gasteiger partial charge in [0.05, 0.1) is 23.1 Å². The van der Waals surface area contributed by atoms with Crippen LogP contribution >= 0.6 is 11.3 Å². The molecule has 3 N–H and O–H groups in total. The third-order valence-electron chi connectivity index (χ3n) is 3.41. The molecule has 2 heterocycles. The van der Waals surface area contributed by atoms with Gasteiger partial charge in [-0.1, -0.05) is 23.5 Å². The molecule has 0 radical (unpaired) electrons. The van der Waals surface area contributed by atoms with E-state index in [4.69, 9.17) is 0 Å². The first-order valence-electron chi connectivity index (χ1n) is 7.56. The van der Waals surface area contributed by atoms with Gasteiger partial charge in [-0.15, -0.1) is 0 Å². The van der Waals surface area contributed by atoms with E-state index in [1.807, 2.05) is 13.0 Å². The molecule has 1 amide bonds. The molecule has 0 bridgehead atoms. The lowest BCUT2D eigenvalue weighted by Crippen LogP contribution is -2.25. The fourth-order valence-corrected chi connectivity index (χ4v) is 3.25. The molecular weight excluding hydrogens is 326 g/mol. The third-order valence-corrected chi connectivity index (χ3v) is 4.52. The second-order valence-corrected chi connectivity index (χ2v) is 6.18. The molecule has 0 spiro atoms. The van der Waals surface area contributed by atoms with E-state index in [0.29, 0.717) is 27.3 Å². The Hall–Kier alpha value is -2.74. The van der Waals surface area contributed by atoms with Crippen molar-refractivity contribution in [2.24, 2.45) is 0 Å². The number of aromatic amines is 1. The van der Waals surface area contributed by atoms with Crippen LogP contribution in [0.5, 0.6) is 0 Å². The number of rotatable bonds is 5. The molecule has 24 heavy (non-hydrogen) atoms. The first-order valence-corrected chi connectivity index (χ1v) is 8.37. The summed E-state index contributed by atoms with van der Waals surface area (Å²) >= 11 is 1.31. The molecule has 0 unspecified atom stereocenters. The number of hydrogen-bond donors (Lipinski definition) is 3. The lowest BCUT2D eigenvalue weighted by Gasteiger charge is -2.05. The topological polar surface area (TPSA) is 99.8 Å². The van der Waals surface area contributed by atoms with Gasteiger partial charge in [0.25, 0.3) is 11.5 Å². The first kappa shape index (κ1) is 16.1. The van der Waals surface area contributed by atoms with Crippen molar-refractivity contribution in [1.82, 2.24) is 20.3 Å². The van der Waals surface area contributed by atoms with Crippen LogP contribution in [-0.2, 0) is 6.54 Å². The number of fused-ring (bicyclic) bond motifs is 1. The van der Waals surface area contributed by atoms with E-state index in [-0.39, 0.29) is 18.0 Å². The molecule has 2 aromatic heterocycles. The molecule has 0 aliphatic heterocycles. The van der Waals surface area contributed by atoms with Crippen LogP contribution in [0.2, 0.25) is 0 Å². The van der Waals surface area contributed by atoms with E-state index in [0.717, 1.165) is 11.7 Å². The van der Waals surface area contributed by atoms with Gasteiger partial charge >= 0.3 is 0 Å². The van der Waals surface area contributed by atoms with Crippen LogP contribution in [0.3, 0.4) is 0 Å². The summed E-state index contributed by atoms with van der Waals surface area (Å²) in [5.74, 6) is 0.186. The lowest BCUT2D eigenvalue weighted by molar-refractivity contribution is 0.0953. The molecule has 0 saturated heterocycles. The Morgan fingerprint density at radius 1 is 1.29 bits per heavy atom. The Kier molecular flexibility index (Phi) is 4.57. The average molecular weight is 343 g/mol. The summed E-state index contributed by atoms with van der Waals surface area (Å²) in [6.07, 6.45) is 0. The molecule has 124 valence electrons. The van der Waals surface area contributed by atoms with Crippen molar-refractivity contribution in [1.29, 1.82) is 0 Å². The normalized spacial score (nSPS) is 10.8. The molecule has 0 atom stereocenters. The van der Waals surface area contributed by atoms with Gasteiger partial charge in [0.15, 0.2) is 5.13 Å². The van der Waals surface area contributed by atoms with Crippen LogP contribution in [0.4, 0.5) is 5.13 Å². The Balaban J connectivity index is 1.76. The maximum absolute atomic E-state index is 12.3. The Bertz CT molecular complexity index is 947. The Morgan fingerprint density at radius 3 is 2.88 bits per heavy atom. The number of thiazole rings is 1. The predicted molar refractivity (Wildman–Crippen MR) is 94.5 cm³/mol. The summed E-state index contributed by atoms with van der Waals surface area (Å²) in [6, 6.07) is 7.09. The van der Waals surface area contributed by atoms with Gasteiger partial charge in [0.2, 0.25) is 0 Å². The SMILES string of the molecule is CCNc1nc(C)c(C(=O)NCc2nc3ccccc3c(=O)[nH]2)s1. The highest BCUT2D eigenvalue weighted by Crippen LogP contribution is 2.22. The van der Waals surface area contributed by atoms with Gasteiger partial charge in [-0.2, -0.15) is 0 Å². The number of amides is 1. The van der Waals surface area contributed by atoms with E-state index in [2.05, 4.69) is 25.6 Å². The quantitative estimate of drug-likeness (QED) is 0.658. The minimum atomic E-state index is -0.232. The van der Waals surface area contributed by atoms with Crippen LogP contribution in [0.1, 0.15) is 28.1 Å². The van der Waals surface area contributed by atoms with Crippen molar-refractivity contribution >= 4 is 33.3 Å². The van der Waals surface area contributed by atoms with Crippen molar-refractivity contribution < 1.29 is 4.79 Å². The van der Waals surface area contributed by atoms with Crippen LogP contribution in [0.15, 0.2) is 29.1 Å². The van der Waals surface area contributed by atoms with Gasteiger partial charge < -0.3 is 15.6 Å². The number of H-pyrrole nitrogens is 1. The molecule has 0 aliphatic rings. The number of aryl methyl sites for hydroxylation is 1. The summed E-state index contributed by atoms with van der Waals surface area (Å²) in [5, 5.41) is 7.12. The minimum Gasteiger partial charge on any atom is -0.362 e. The highest BCUT2D eigenvalue weighted by atomic mass is 32.1. The Morgan fingerprint density at radius 2 is 2.08 bits per heavy atom. The largest absolute Gasteiger partial charge is 0.362 e. The van der Waals surface area contributed by atoms with Gasteiger partial charge in [0.1, 0.15) is 10.7 Å². The fraction of sp³-hybridized carbons (Fsp3) is 0.250. The van der Waals surface area contributed by atoms with Crippen molar-refractivity contribution in [2.45, 2.75) is 20.4 Å². The van der Waals surface area contributed by atoms with Crippen molar-refractivity contribution in [2.75, 3.05) is 11.9 Å². The highest BCUT2D eigenvalue weighted by molar-refractivity contribution is 7.17. The van der Waals surface area contributed by atoms with Gasteiger partial charge in [-0.3, -0.25) is 9.59 Å². The lowest BCUT2D eigenvalue weighted by atomic mass is 10.2. The number of anilines is 1. The second-order valence-electron chi connectivity index (χ2n) is 5.18. The molecule has 3 rings (SSSR count). The average Bonchev–Trinajstić information content (AvgIpc) is 2.94. The molecule has 1 aromatic carbocycles. The molecule has 0 aliphatic carbocycles. The standard InChI is InChI=1S/C16H17N5O2S/c1-3-17-16-19-9(2)13(24-16)15(23)18-8-12-20-11-7-5-4-6-10(11)14(22)21-12/h4-7H,3,8H2,1-2H3,(H,17,19)(H,18,23)(H,20,21,22). The van der Waals surface area contributed by atoms with E-state index in [9.17, 15) is 9.59 Å². The summed E-state index contributed by atoms with van der Waals surface area (Å²) in [4.78, 5) is 36.2. The van der Waals surface area contributed by atoms with E-state index in [1.54, 1.807) is 25.1 Å². The van der Waals surface area contributed by atoms with Crippen LogP contribution in [0.25, 0.3) is 10.9 Å². The molecule has 0 saturated carbocycles. The number of carbonyl (C=O) groups excluding carboxylic acids is 1. The molecule has 0 fully saturated rings. The number of carbonyl (C=O) groups is 1. The number of nitrogens with zero attached hydrogens (tertiary/aromatic N) is 2. The zero-order chi connectivity index (χ0) is 17.1. The number of hydrogen-bond acceptors (Lipinski definition) is 6. The van der Waals surface area contributed by atoms with E-state index < -0.39 is 0 Å². The maximum atomic E-state index is 12.3. The molecule has 7 nitrogen and oxygen atoms in total. The number of nitrogens with one attached hydrogen (secondary N) is 3. The van der Waals surface area contributed by atoms with E-state index >= 15 is 0 Å².